The quantitative estimate of drug-likeness (QED) is 0.177. The minimum Gasteiger partial charge on any atom is -0.378 e. The summed E-state index contributed by atoms with van der Waals surface area (Å²) in [6.07, 6.45) is -1.60. The summed E-state index contributed by atoms with van der Waals surface area (Å²) in [7, 11) is 1.57. The molecule has 1 fully saturated rings. The Kier molecular flexibility index (Phi) is 7.26. The van der Waals surface area contributed by atoms with E-state index in [2.05, 4.69) is 15.5 Å². The van der Waals surface area contributed by atoms with Gasteiger partial charge in [-0.15, -0.1) is 16.9 Å². The molecule has 0 saturated carbocycles. The van der Waals surface area contributed by atoms with Gasteiger partial charge in [0.1, 0.15) is 5.70 Å². The lowest BCUT2D eigenvalue weighted by atomic mass is 9.96. The normalized spacial score (nSPS) is 18.6. The van der Waals surface area contributed by atoms with Crippen molar-refractivity contribution in [3.63, 3.8) is 0 Å². The molecular formula is C21H21N7O6S2. The van der Waals surface area contributed by atoms with Crippen LogP contribution in [0.5, 0.6) is 0 Å². The number of Topliss-reactive ketones (excluding diaryl/α,β-unsaturated/α-hetero) is 1. The summed E-state index contributed by atoms with van der Waals surface area (Å²) in [4.78, 5) is 56.7. The van der Waals surface area contributed by atoms with Gasteiger partial charge < -0.3 is 15.7 Å². The van der Waals surface area contributed by atoms with Crippen LogP contribution in [0.1, 0.15) is 41.2 Å². The highest BCUT2D eigenvalue weighted by Crippen LogP contribution is 2.41. The fourth-order valence-electron chi connectivity index (χ4n) is 3.68. The lowest BCUT2D eigenvalue weighted by Gasteiger charge is -2.44. The van der Waals surface area contributed by atoms with Crippen molar-refractivity contribution < 1.29 is 29.1 Å². The largest absolute Gasteiger partial charge is 0.379 e. The highest BCUT2D eigenvalue weighted by Gasteiger charge is 2.47. The summed E-state index contributed by atoms with van der Waals surface area (Å²) < 4.78 is 1.33. The smallest absolute Gasteiger partial charge is 0.378 e. The molecule has 3 atom stereocenters. The molecule has 13 nitrogen and oxygen atoms in total. The molecule has 36 heavy (non-hydrogen) atoms. The number of β-lactam (4-membered cyclic amide) rings is 1. The van der Waals surface area contributed by atoms with E-state index in [0.717, 1.165) is 0 Å². The maximum absolute atomic E-state index is 13.1. The molecule has 2 aromatic rings. The molecule has 1 saturated heterocycles. The summed E-state index contributed by atoms with van der Waals surface area (Å²) in [5.41, 5.74) is 7.78. The van der Waals surface area contributed by atoms with Crippen LogP contribution >= 0.6 is 24.0 Å². The Balaban J connectivity index is 1.55. The Morgan fingerprint density at radius 2 is 2.06 bits per heavy atom. The molecule has 0 bridgehead atoms. The Morgan fingerprint density at radius 3 is 2.69 bits per heavy atom. The minimum absolute atomic E-state index is 0.00346. The molecule has 188 valence electrons. The number of nitrogens with zero attached hydrogens (tertiary/aromatic N) is 5. The van der Waals surface area contributed by atoms with Crippen LogP contribution in [0.2, 0.25) is 0 Å². The maximum atomic E-state index is 13.1. The van der Waals surface area contributed by atoms with Crippen molar-refractivity contribution in [2.75, 3.05) is 5.75 Å². The van der Waals surface area contributed by atoms with Gasteiger partial charge in [0.15, 0.2) is 17.7 Å². The molecule has 4 rings (SSSR count). The Labute approximate surface area is 214 Å². The van der Waals surface area contributed by atoms with E-state index < -0.39 is 29.8 Å². The van der Waals surface area contributed by atoms with Crippen molar-refractivity contribution in [1.29, 1.82) is 0 Å². The van der Waals surface area contributed by atoms with Crippen molar-refractivity contribution in [2.24, 2.45) is 12.8 Å². The fraction of sp³-hybridized carbons (Fsp3) is 0.333. The number of tetrazole rings is 1. The number of carbonyl (C=O) groups excluding carboxylic acids is 4. The number of aliphatic hydroxyl groups is 1. The van der Waals surface area contributed by atoms with Gasteiger partial charge in [0.2, 0.25) is 5.91 Å². The number of nitrogens with two attached hydrogens (primary N) is 1. The van der Waals surface area contributed by atoms with Crippen LogP contribution in [-0.4, -0.2) is 75.8 Å². The van der Waals surface area contributed by atoms with Crippen molar-refractivity contribution in [3.05, 3.63) is 52.5 Å². The van der Waals surface area contributed by atoms with E-state index in [1.54, 1.807) is 13.1 Å². The van der Waals surface area contributed by atoms with Gasteiger partial charge in [-0.2, -0.15) is 5.48 Å². The van der Waals surface area contributed by atoms with Gasteiger partial charge >= 0.3 is 5.97 Å². The predicted molar refractivity (Wildman–Crippen MR) is 129 cm³/mol. The molecule has 4 N–H and O–H groups in total. The van der Waals surface area contributed by atoms with Crippen molar-refractivity contribution in [1.82, 2.24) is 30.6 Å². The van der Waals surface area contributed by atoms with Crippen molar-refractivity contribution in [3.8, 4) is 0 Å². The zero-order chi connectivity index (χ0) is 26.1. The lowest BCUT2D eigenvalue weighted by Crippen LogP contribution is -2.55. The van der Waals surface area contributed by atoms with Crippen LogP contribution < -0.4 is 11.2 Å². The van der Waals surface area contributed by atoms with E-state index in [1.165, 1.54) is 46.5 Å². The SMILES string of the molecule is C[C@H](N)C(=O)c1ccccc1C(O)C(=O)NOC(=O)C1=C(C(=S)c2nnnn2C)CS[C@H]2CC(=O)N12. The molecule has 1 aromatic carbocycles. The molecule has 15 heteroatoms. The van der Waals surface area contributed by atoms with E-state index in [9.17, 15) is 24.3 Å². The van der Waals surface area contributed by atoms with E-state index in [-0.39, 0.29) is 51.0 Å². The van der Waals surface area contributed by atoms with E-state index in [0.29, 0.717) is 5.57 Å². The van der Waals surface area contributed by atoms with Crippen LogP contribution in [0.4, 0.5) is 0 Å². The molecule has 3 heterocycles. The number of benzene rings is 1. The number of aliphatic hydroxyl groups excluding tert-OH is 1. The van der Waals surface area contributed by atoms with Crippen molar-refractivity contribution in [2.45, 2.75) is 30.9 Å². The Bertz CT molecular complexity index is 1310. The molecule has 0 radical (unpaired) electrons. The third kappa shape index (κ3) is 4.65. The molecule has 2 aliphatic heterocycles. The topological polar surface area (TPSA) is 183 Å². The molecule has 1 unspecified atom stereocenters. The number of rotatable bonds is 7. The van der Waals surface area contributed by atoms with Gasteiger partial charge in [-0.1, -0.05) is 36.5 Å². The Hall–Kier alpha value is -3.53. The predicted octanol–water partition coefficient (Wildman–Crippen LogP) is -0.675. The zero-order valence-corrected chi connectivity index (χ0v) is 20.7. The summed E-state index contributed by atoms with van der Waals surface area (Å²) in [6, 6.07) is 5.05. The molecule has 0 aliphatic carbocycles. The van der Waals surface area contributed by atoms with Crippen molar-refractivity contribution >= 4 is 52.4 Å². The molecule has 2 amide bonds. The number of amides is 2. The van der Waals surface area contributed by atoms with Crippen LogP contribution in [-0.2, 0) is 26.3 Å². The third-order valence-electron chi connectivity index (χ3n) is 5.57. The molecule has 2 aliphatic rings. The van der Waals surface area contributed by atoms with Gasteiger partial charge in [0.25, 0.3) is 5.91 Å². The average Bonchev–Trinajstić information content (AvgIpc) is 3.30. The van der Waals surface area contributed by atoms with Gasteiger partial charge in [-0.05, 0) is 17.4 Å². The van der Waals surface area contributed by atoms with Crippen LogP contribution in [0, 0.1) is 0 Å². The number of aromatic nitrogens is 4. The summed E-state index contributed by atoms with van der Waals surface area (Å²) in [6.45, 7) is 1.48. The van der Waals surface area contributed by atoms with E-state index in [1.807, 2.05) is 5.48 Å². The number of ketones is 1. The summed E-state index contributed by atoms with van der Waals surface area (Å²) in [5.74, 6) is -2.45. The van der Waals surface area contributed by atoms with Crippen LogP contribution in [0.15, 0.2) is 35.5 Å². The first kappa shape index (κ1) is 25.6. The number of hydrogen-bond donors (Lipinski definition) is 3. The minimum atomic E-state index is -1.84. The number of fused-ring (bicyclic) bond motifs is 1. The van der Waals surface area contributed by atoms with Gasteiger partial charge in [-0.25, -0.2) is 9.48 Å². The number of carbonyl (C=O) groups is 4. The van der Waals surface area contributed by atoms with Gasteiger partial charge in [0, 0.05) is 29.5 Å². The monoisotopic (exact) mass is 531 g/mol. The van der Waals surface area contributed by atoms with E-state index in [4.69, 9.17) is 22.8 Å². The summed E-state index contributed by atoms with van der Waals surface area (Å²) in [5, 5.41) is 21.4. The lowest BCUT2D eigenvalue weighted by molar-refractivity contribution is -0.162. The average molecular weight is 532 g/mol. The first-order valence-corrected chi connectivity index (χ1v) is 12.1. The number of nitrogens with one attached hydrogen (secondary N) is 1. The number of thioether (sulfide) groups is 1. The van der Waals surface area contributed by atoms with E-state index >= 15 is 0 Å². The third-order valence-corrected chi connectivity index (χ3v) is 7.22. The van der Waals surface area contributed by atoms with Crippen LogP contribution in [0.3, 0.4) is 0 Å². The second kappa shape index (κ2) is 10.2. The summed E-state index contributed by atoms with van der Waals surface area (Å²) >= 11 is 6.90. The molecular weight excluding hydrogens is 510 g/mol. The maximum Gasteiger partial charge on any atom is 0.379 e. The number of aryl methyl sites for hydroxylation is 1. The number of hydroxylamine groups is 1. The number of hydrogen-bond acceptors (Lipinski definition) is 12. The highest BCUT2D eigenvalue weighted by atomic mass is 32.2. The second-order valence-corrected chi connectivity index (χ2v) is 9.59. The second-order valence-electron chi connectivity index (χ2n) is 8.01. The highest BCUT2D eigenvalue weighted by molar-refractivity contribution is 8.00. The first-order chi connectivity index (χ1) is 17.1. The van der Waals surface area contributed by atoms with Crippen LogP contribution in [0.25, 0.3) is 0 Å². The number of thiocarbonyl (C=S) groups is 1. The Morgan fingerprint density at radius 1 is 1.33 bits per heavy atom. The molecule has 1 aromatic heterocycles. The zero-order valence-electron chi connectivity index (χ0n) is 19.1. The first-order valence-electron chi connectivity index (χ1n) is 10.6. The van der Waals surface area contributed by atoms with Gasteiger partial charge in [-0.3, -0.25) is 19.3 Å². The molecule has 0 spiro atoms. The fourth-order valence-corrected chi connectivity index (χ4v) is 5.39. The standard InChI is InChI=1S/C21H21N7O6S2/c1-9(22)16(30)10-5-3-4-6-11(10)17(31)20(32)24-34-21(33)15-12(8-36-14-7-13(29)28(14)15)18(35)19-23-25-26-27(19)2/h3-6,9,14,17,31H,7-8,22H2,1-2H3,(H,24,32)/t9-,14-,17?/m0/s1. The van der Waals surface area contributed by atoms with Gasteiger partial charge in [0.05, 0.1) is 22.7 Å².